The summed E-state index contributed by atoms with van der Waals surface area (Å²) in [6.07, 6.45) is 3.48. The molecule has 0 fully saturated rings. The molecule has 0 spiro atoms. The average Bonchev–Trinajstić information content (AvgIpc) is 2.62. The zero-order valence-corrected chi connectivity index (χ0v) is 13.8. The first-order valence-electron chi connectivity index (χ1n) is 7.28. The van der Waals surface area contributed by atoms with Crippen molar-refractivity contribution in [1.82, 2.24) is 14.8 Å². The van der Waals surface area contributed by atoms with Crippen LogP contribution < -0.4 is 10.3 Å². The van der Waals surface area contributed by atoms with Crippen LogP contribution in [0.3, 0.4) is 0 Å². The quantitative estimate of drug-likeness (QED) is 0.741. The highest BCUT2D eigenvalue weighted by Crippen LogP contribution is 2.13. The second kappa shape index (κ2) is 7.06. The minimum atomic E-state index is -0.269. The van der Waals surface area contributed by atoms with Gasteiger partial charge < -0.3 is 4.74 Å². The largest absolute Gasteiger partial charge is 0.497 e. The van der Waals surface area contributed by atoms with Crippen LogP contribution in [-0.2, 0) is 0 Å². The molecule has 6 heteroatoms. The highest BCUT2D eigenvalue weighted by molar-refractivity contribution is 7.71. The van der Waals surface area contributed by atoms with Crippen LogP contribution in [0.15, 0.2) is 59.4 Å². The van der Waals surface area contributed by atoms with Crippen LogP contribution in [0.4, 0.5) is 0 Å². The number of para-hydroxylation sites is 1. The minimum absolute atomic E-state index is 0.257. The first-order chi connectivity index (χ1) is 11.7. The van der Waals surface area contributed by atoms with Crippen LogP contribution in [0.2, 0.25) is 0 Å². The number of H-pyrrole nitrogens is 1. The average molecular weight is 337 g/mol. The topological polar surface area (TPSA) is 59.9 Å². The van der Waals surface area contributed by atoms with Gasteiger partial charge >= 0.3 is 0 Å². The molecule has 1 heterocycles. The zero-order chi connectivity index (χ0) is 16.9. The number of hydrogen-bond donors (Lipinski definition) is 1. The molecule has 0 aliphatic heterocycles. The fourth-order valence-corrected chi connectivity index (χ4v) is 2.46. The molecule has 5 nitrogen and oxygen atoms in total. The van der Waals surface area contributed by atoms with Crippen molar-refractivity contribution in [1.29, 1.82) is 0 Å². The lowest BCUT2D eigenvalue weighted by atomic mass is 10.2. The van der Waals surface area contributed by atoms with E-state index in [-0.39, 0.29) is 16.0 Å². The Morgan fingerprint density at radius 2 is 1.79 bits per heavy atom. The maximum atomic E-state index is 12.7. The highest BCUT2D eigenvalue weighted by atomic mass is 32.1. The number of ether oxygens (including phenoxy) is 1. The van der Waals surface area contributed by atoms with E-state index in [1.54, 1.807) is 13.2 Å². The number of rotatable bonds is 4. The van der Waals surface area contributed by atoms with E-state index in [0.717, 1.165) is 11.3 Å². The molecule has 0 aliphatic rings. The van der Waals surface area contributed by atoms with Crippen molar-refractivity contribution in [3.63, 3.8) is 0 Å². The Morgan fingerprint density at radius 1 is 1.08 bits per heavy atom. The third-order valence-electron chi connectivity index (χ3n) is 3.46. The first kappa shape index (κ1) is 15.9. The molecular formula is C18H15N3O2S. The van der Waals surface area contributed by atoms with E-state index in [4.69, 9.17) is 17.0 Å². The monoisotopic (exact) mass is 337 g/mol. The fourth-order valence-electron chi connectivity index (χ4n) is 2.22. The zero-order valence-electron chi connectivity index (χ0n) is 13.0. The molecule has 1 aromatic heterocycles. The molecule has 0 bridgehead atoms. The normalized spacial score (nSPS) is 10.9. The van der Waals surface area contributed by atoms with Gasteiger partial charge in [0.15, 0.2) is 0 Å². The Bertz CT molecular complexity index is 974. The first-order valence-corrected chi connectivity index (χ1v) is 7.69. The third kappa shape index (κ3) is 3.33. The van der Waals surface area contributed by atoms with Crippen molar-refractivity contribution in [3.8, 4) is 11.4 Å². The Labute approximate surface area is 143 Å². The van der Waals surface area contributed by atoms with Crippen molar-refractivity contribution < 1.29 is 4.74 Å². The summed E-state index contributed by atoms with van der Waals surface area (Å²) in [6, 6.07) is 16.7. The Hall–Kier alpha value is -2.99. The second-order valence-corrected chi connectivity index (χ2v) is 5.38. The van der Waals surface area contributed by atoms with Crippen LogP contribution in [0.1, 0.15) is 11.3 Å². The molecule has 24 heavy (non-hydrogen) atoms. The summed E-state index contributed by atoms with van der Waals surface area (Å²) in [4.78, 5) is 12.7. The lowest BCUT2D eigenvalue weighted by Crippen LogP contribution is -2.24. The van der Waals surface area contributed by atoms with E-state index in [1.807, 2.05) is 60.7 Å². The molecule has 0 unspecified atom stereocenters. The van der Waals surface area contributed by atoms with Gasteiger partial charge in [0.25, 0.3) is 5.56 Å². The summed E-state index contributed by atoms with van der Waals surface area (Å²) in [7, 11) is 1.62. The molecule has 0 radical (unpaired) electrons. The van der Waals surface area contributed by atoms with E-state index in [0.29, 0.717) is 5.69 Å². The second-order valence-electron chi connectivity index (χ2n) is 5.00. The third-order valence-corrected chi connectivity index (χ3v) is 3.74. The van der Waals surface area contributed by atoms with Gasteiger partial charge in [-0.25, -0.2) is 0 Å². The van der Waals surface area contributed by atoms with Gasteiger partial charge in [0, 0.05) is 0 Å². The van der Waals surface area contributed by atoms with Gasteiger partial charge in [-0.05, 0) is 48.1 Å². The number of nitrogens with zero attached hydrogens (tertiary/aromatic N) is 2. The Balaban J connectivity index is 1.99. The maximum Gasteiger partial charge on any atom is 0.285 e. The fraction of sp³-hybridized carbons (Fsp3) is 0.0556. The Morgan fingerprint density at radius 3 is 2.46 bits per heavy atom. The lowest BCUT2D eigenvalue weighted by molar-refractivity contribution is 0.415. The molecule has 3 aromatic rings. The molecule has 0 saturated heterocycles. The molecule has 0 atom stereocenters. The number of aromatic nitrogens is 3. The molecule has 3 rings (SSSR count). The molecule has 2 aromatic carbocycles. The molecule has 1 N–H and O–H groups in total. The summed E-state index contributed by atoms with van der Waals surface area (Å²) in [6.45, 7) is 0. The van der Waals surface area contributed by atoms with Crippen molar-refractivity contribution >= 4 is 24.4 Å². The van der Waals surface area contributed by atoms with Gasteiger partial charge in [0.05, 0.1) is 12.8 Å². The van der Waals surface area contributed by atoms with Crippen molar-refractivity contribution in [2.45, 2.75) is 0 Å². The van der Waals surface area contributed by atoms with E-state index in [1.165, 1.54) is 4.57 Å². The van der Waals surface area contributed by atoms with Gasteiger partial charge in [-0.3, -0.25) is 14.5 Å². The Kier molecular flexibility index (Phi) is 4.67. The van der Waals surface area contributed by atoms with Crippen LogP contribution in [0, 0.1) is 4.77 Å². The molecule has 0 saturated carbocycles. The van der Waals surface area contributed by atoms with Gasteiger partial charge in [-0.2, -0.15) is 5.10 Å². The SMILES string of the molecule is COc1ccc(/C=C/c2n[nH]c(=S)n(-c3ccccc3)c2=O)cc1. The van der Waals surface area contributed by atoms with Crippen LogP contribution >= 0.6 is 12.2 Å². The summed E-state index contributed by atoms with van der Waals surface area (Å²) in [5, 5.41) is 6.76. The van der Waals surface area contributed by atoms with Gasteiger partial charge in [-0.15, -0.1) is 0 Å². The molecule has 0 aliphatic carbocycles. The van der Waals surface area contributed by atoms with E-state index < -0.39 is 0 Å². The van der Waals surface area contributed by atoms with Crippen LogP contribution in [-0.4, -0.2) is 21.9 Å². The molecule has 0 amide bonds. The number of nitrogens with one attached hydrogen (secondary N) is 1. The minimum Gasteiger partial charge on any atom is -0.497 e. The van der Waals surface area contributed by atoms with E-state index in [9.17, 15) is 4.79 Å². The van der Waals surface area contributed by atoms with Crippen molar-refractivity contribution in [3.05, 3.63) is 81.0 Å². The summed E-state index contributed by atoms with van der Waals surface area (Å²) >= 11 is 5.19. The lowest BCUT2D eigenvalue weighted by Gasteiger charge is -2.05. The van der Waals surface area contributed by atoms with Crippen LogP contribution in [0.5, 0.6) is 5.75 Å². The predicted molar refractivity (Wildman–Crippen MR) is 96.9 cm³/mol. The number of methoxy groups -OCH3 is 1. The van der Waals surface area contributed by atoms with Gasteiger partial charge in [-0.1, -0.05) is 36.4 Å². The summed E-state index contributed by atoms with van der Waals surface area (Å²) in [5.41, 5.74) is 1.65. The van der Waals surface area contributed by atoms with E-state index in [2.05, 4.69) is 10.2 Å². The maximum absolute atomic E-state index is 12.7. The van der Waals surface area contributed by atoms with Crippen molar-refractivity contribution in [2.75, 3.05) is 7.11 Å². The number of aromatic amines is 1. The smallest absolute Gasteiger partial charge is 0.285 e. The van der Waals surface area contributed by atoms with Gasteiger partial charge in [0.2, 0.25) is 4.77 Å². The number of hydrogen-bond acceptors (Lipinski definition) is 4. The molecule has 120 valence electrons. The van der Waals surface area contributed by atoms with Crippen molar-refractivity contribution in [2.24, 2.45) is 0 Å². The van der Waals surface area contributed by atoms with E-state index >= 15 is 0 Å². The number of benzene rings is 2. The summed E-state index contributed by atoms with van der Waals surface area (Å²) in [5.74, 6) is 0.778. The summed E-state index contributed by atoms with van der Waals surface area (Å²) < 4.78 is 6.81. The van der Waals surface area contributed by atoms with Crippen LogP contribution in [0.25, 0.3) is 17.8 Å². The highest BCUT2D eigenvalue weighted by Gasteiger charge is 2.06. The predicted octanol–water partition coefficient (Wildman–Crippen LogP) is 3.47. The molecular weight excluding hydrogens is 322 g/mol. The standard InChI is InChI=1S/C18H15N3O2S/c1-23-15-10-7-13(8-11-15)9-12-16-17(22)21(18(24)20-19-16)14-5-3-2-4-6-14/h2-12H,1H3,(H,20,24)/b12-9+. The van der Waals surface area contributed by atoms with Gasteiger partial charge in [0.1, 0.15) is 11.4 Å².